The van der Waals surface area contributed by atoms with Gasteiger partial charge in [0.05, 0.1) is 29.2 Å². The summed E-state index contributed by atoms with van der Waals surface area (Å²) in [4.78, 5) is 37.2. The second kappa shape index (κ2) is 11.0. The van der Waals surface area contributed by atoms with Gasteiger partial charge in [-0.05, 0) is 29.2 Å². The fraction of sp³-hybridized carbons (Fsp3) is 0.219. The maximum Gasteiger partial charge on any atom is 0.264 e. The van der Waals surface area contributed by atoms with Crippen molar-refractivity contribution in [3.8, 4) is 0 Å². The van der Waals surface area contributed by atoms with Crippen LogP contribution in [0.25, 0.3) is 10.2 Å². The third-order valence-corrected chi connectivity index (χ3v) is 8.69. The summed E-state index contributed by atoms with van der Waals surface area (Å²) in [5, 5.41) is 0.550. The number of hydrogen-bond donors (Lipinski definition) is 0. The normalized spacial score (nSPS) is 14.3. The van der Waals surface area contributed by atoms with Gasteiger partial charge in [-0.25, -0.2) is 4.98 Å². The standard InChI is InChI=1S/C32H30N4O2S/c1-23-27-30(33-22-36(31(27)37)21-24-11-5-2-6-12-24)39-29(23)32(38)35-19-17-34(18-20-35)28(25-13-7-3-8-14-25)26-15-9-4-10-16-26/h2-16,22,28H,17-21H2,1H3. The first kappa shape index (κ1) is 25.2. The number of benzene rings is 3. The summed E-state index contributed by atoms with van der Waals surface area (Å²) in [6.07, 6.45) is 1.59. The summed E-state index contributed by atoms with van der Waals surface area (Å²) in [5.41, 5.74) is 4.17. The predicted octanol–water partition coefficient (Wildman–Crippen LogP) is 5.36. The van der Waals surface area contributed by atoms with E-state index in [0.717, 1.165) is 24.2 Å². The Labute approximate surface area is 231 Å². The molecule has 6 rings (SSSR count). The fourth-order valence-corrected chi connectivity index (χ4v) is 6.57. The minimum atomic E-state index is -0.102. The van der Waals surface area contributed by atoms with Crippen molar-refractivity contribution >= 4 is 27.5 Å². The van der Waals surface area contributed by atoms with E-state index in [1.807, 2.05) is 54.3 Å². The van der Waals surface area contributed by atoms with E-state index < -0.39 is 0 Å². The quantitative estimate of drug-likeness (QED) is 0.294. The highest BCUT2D eigenvalue weighted by Crippen LogP contribution is 2.31. The molecule has 196 valence electrons. The molecule has 0 radical (unpaired) electrons. The highest BCUT2D eigenvalue weighted by Gasteiger charge is 2.30. The van der Waals surface area contributed by atoms with Crippen molar-refractivity contribution in [2.24, 2.45) is 0 Å². The van der Waals surface area contributed by atoms with E-state index in [2.05, 4.69) is 58.4 Å². The topological polar surface area (TPSA) is 58.4 Å². The number of aromatic nitrogens is 2. The number of rotatable bonds is 6. The molecule has 1 fully saturated rings. The number of hydrogen-bond acceptors (Lipinski definition) is 5. The average Bonchev–Trinajstić information content (AvgIpc) is 3.33. The van der Waals surface area contributed by atoms with Crippen molar-refractivity contribution in [1.29, 1.82) is 0 Å². The van der Waals surface area contributed by atoms with Gasteiger partial charge in [0.25, 0.3) is 11.5 Å². The van der Waals surface area contributed by atoms with Crippen LogP contribution in [0.4, 0.5) is 0 Å². The molecule has 1 amide bonds. The number of aryl methyl sites for hydroxylation is 1. The lowest BCUT2D eigenvalue weighted by Gasteiger charge is -2.39. The zero-order valence-electron chi connectivity index (χ0n) is 21.9. The second-order valence-electron chi connectivity index (χ2n) is 9.95. The van der Waals surface area contributed by atoms with Crippen LogP contribution in [-0.2, 0) is 6.54 Å². The molecule has 5 aromatic rings. The maximum atomic E-state index is 13.7. The molecule has 0 unspecified atom stereocenters. The molecule has 1 aliphatic heterocycles. The van der Waals surface area contributed by atoms with Gasteiger partial charge in [0.1, 0.15) is 4.83 Å². The van der Waals surface area contributed by atoms with Gasteiger partial charge in [0, 0.05) is 26.2 Å². The second-order valence-corrected chi connectivity index (χ2v) is 11.0. The Kier molecular flexibility index (Phi) is 7.09. The molecule has 0 atom stereocenters. The third kappa shape index (κ3) is 5.03. The number of thiophene rings is 1. The molecule has 0 saturated carbocycles. The minimum Gasteiger partial charge on any atom is -0.335 e. The minimum absolute atomic E-state index is 0.0138. The molecule has 39 heavy (non-hydrogen) atoms. The molecule has 1 aliphatic rings. The molecular formula is C32H30N4O2S. The Morgan fingerprint density at radius 2 is 1.41 bits per heavy atom. The molecule has 6 nitrogen and oxygen atoms in total. The van der Waals surface area contributed by atoms with Gasteiger partial charge in [-0.15, -0.1) is 11.3 Å². The number of nitrogens with zero attached hydrogens (tertiary/aromatic N) is 4. The first-order valence-electron chi connectivity index (χ1n) is 13.3. The van der Waals surface area contributed by atoms with Crippen molar-refractivity contribution in [2.45, 2.75) is 19.5 Å². The summed E-state index contributed by atoms with van der Waals surface area (Å²) in [6, 6.07) is 31.1. The molecule has 0 spiro atoms. The van der Waals surface area contributed by atoms with Crippen LogP contribution in [0.1, 0.15) is 38.0 Å². The van der Waals surface area contributed by atoms with Crippen LogP contribution < -0.4 is 5.56 Å². The van der Waals surface area contributed by atoms with Crippen LogP contribution in [0.5, 0.6) is 0 Å². The van der Waals surface area contributed by atoms with Crippen LogP contribution in [0.15, 0.2) is 102 Å². The van der Waals surface area contributed by atoms with E-state index in [4.69, 9.17) is 0 Å². The largest absolute Gasteiger partial charge is 0.335 e. The molecule has 0 N–H and O–H groups in total. The zero-order chi connectivity index (χ0) is 26.8. The van der Waals surface area contributed by atoms with Crippen LogP contribution >= 0.6 is 11.3 Å². The Morgan fingerprint density at radius 1 is 0.846 bits per heavy atom. The summed E-state index contributed by atoms with van der Waals surface area (Å²) in [5.74, 6) is -0.0138. The Balaban J connectivity index is 1.22. The molecule has 0 aliphatic carbocycles. The molecule has 7 heteroatoms. The van der Waals surface area contributed by atoms with E-state index in [9.17, 15) is 9.59 Å². The third-order valence-electron chi connectivity index (χ3n) is 7.50. The van der Waals surface area contributed by atoms with Gasteiger partial charge in [-0.1, -0.05) is 91.0 Å². The van der Waals surface area contributed by atoms with Crippen molar-refractivity contribution in [2.75, 3.05) is 26.2 Å². The van der Waals surface area contributed by atoms with Crippen LogP contribution in [0.2, 0.25) is 0 Å². The molecule has 2 aromatic heterocycles. The number of amides is 1. The highest BCUT2D eigenvalue weighted by molar-refractivity contribution is 7.20. The van der Waals surface area contributed by atoms with Crippen molar-refractivity contribution in [3.63, 3.8) is 0 Å². The van der Waals surface area contributed by atoms with Gasteiger partial charge >= 0.3 is 0 Å². The Hall–Kier alpha value is -4.07. The van der Waals surface area contributed by atoms with Crippen molar-refractivity contribution < 1.29 is 4.79 Å². The van der Waals surface area contributed by atoms with Crippen LogP contribution in [0.3, 0.4) is 0 Å². The zero-order valence-corrected chi connectivity index (χ0v) is 22.7. The van der Waals surface area contributed by atoms with Crippen molar-refractivity contribution in [1.82, 2.24) is 19.4 Å². The first-order chi connectivity index (χ1) is 19.1. The number of fused-ring (bicyclic) bond motifs is 1. The van der Waals surface area contributed by atoms with E-state index in [1.165, 1.54) is 22.5 Å². The van der Waals surface area contributed by atoms with Gasteiger partial charge in [0.15, 0.2) is 0 Å². The SMILES string of the molecule is Cc1c(C(=O)N2CCN(C(c3ccccc3)c3ccccc3)CC2)sc2ncn(Cc3ccccc3)c(=O)c12. The van der Waals surface area contributed by atoms with E-state index >= 15 is 0 Å². The molecule has 0 bridgehead atoms. The predicted molar refractivity (Wildman–Crippen MR) is 156 cm³/mol. The summed E-state index contributed by atoms with van der Waals surface area (Å²) < 4.78 is 1.62. The van der Waals surface area contributed by atoms with E-state index in [-0.39, 0.29) is 17.5 Å². The van der Waals surface area contributed by atoms with Gasteiger partial charge in [0.2, 0.25) is 0 Å². The van der Waals surface area contributed by atoms with Crippen molar-refractivity contribution in [3.05, 3.63) is 135 Å². The lowest BCUT2D eigenvalue weighted by Crippen LogP contribution is -2.49. The number of carbonyl (C=O) groups is 1. The monoisotopic (exact) mass is 534 g/mol. The maximum absolute atomic E-state index is 13.7. The highest BCUT2D eigenvalue weighted by atomic mass is 32.1. The number of piperazine rings is 1. The molecule has 3 heterocycles. The first-order valence-corrected chi connectivity index (χ1v) is 14.1. The van der Waals surface area contributed by atoms with Gasteiger partial charge in [-0.3, -0.25) is 19.1 Å². The molecular weight excluding hydrogens is 504 g/mol. The summed E-state index contributed by atoms with van der Waals surface area (Å²) >= 11 is 1.33. The fourth-order valence-electron chi connectivity index (χ4n) is 5.47. The van der Waals surface area contributed by atoms with Crippen LogP contribution in [0, 0.1) is 6.92 Å². The Morgan fingerprint density at radius 3 is 2.00 bits per heavy atom. The summed E-state index contributed by atoms with van der Waals surface area (Å²) in [6.45, 7) is 5.13. The van der Waals surface area contributed by atoms with Crippen LogP contribution in [-0.4, -0.2) is 51.4 Å². The van der Waals surface area contributed by atoms with Gasteiger partial charge in [-0.2, -0.15) is 0 Å². The average molecular weight is 535 g/mol. The summed E-state index contributed by atoms with van der Waals surface area (Å²) in [7, 11) is 0. The molecule has 3 aromatic carbocycles. The lowest BCUT2D eigenvalue weighted by atomic mass is 9.96. The van der Waals surface area contributed by atoms with E-state index in [0.29, 0.717) is 34.7 Å². The Bertz CT molecular complexity index is 1600. The smallest absolute Gasteiger partial charge is 0.264 e. The molecule has 1 saturated heterocycles. The van der Waals surface area contributed by atoms with E-state index in [1.54, 1.807) is 10.9 Å². The van der Waals surface area contributed by atoms with Gasteiger partial charge < -0.3 is 4.90 Å². The lowest BCUT2D eigenvalue weighted by molar-refractivity contribution is 0.0601. The number of carbonyl (C=O) groups excluding carboxylic acids is 1.